The third kappa shape index (κ3) is 21.0. The molecule has 29 nitrogen and oxygen atoms in total. The summed E-state index contributed by atoms with van der Waals surface area (Å²) in [5, 5.41) is 36.0. The molecule has 0 bridgehead atoms. The lowest BCUT2D eigenvalue weighted by Crippen LogP contribution is -2.55. The smallest absolute Gasteiger partial charge is 0.318 e. The summed E-state index contributed by atoms with van der Waals surface area (Å²) in [6.45, 7) is 32.6. The molecule has 9 aliphatic rings. The van der Waals surface area contributed by atoms with E-state index in [1.165, 1.54) is 93.4 Å². The monoisotopic (exact) mass is 1780 g/mol. The summed E-state index contributed by atoms with van der Waals surface area (Å²) in [6, 6.07) is 52.4. The van der Waals surface area contributed by atoms with Crippen LogP contribution in [0, 0.1) is 39.9 Å². The second-order valence-electron chi connectivity index (χ2n) is 36.9. The van der Waals surface area contributed by atoms with Crippen LogP contribution in [0.15, 0.2) is 165 Å². The summed E-state index contributed by atoms with van der Waals surface area (Å²) < 4.78 is 19.1. The molecule has 132 heavy (non-hydrogen) atoms. The minimum Gasteiger partial charge on any atom is -0.462 e. The topological polar surface area (TPSA) is 287 Å². The molecule has 0 N–H and O–H groups in total. The highest BCUT2D eigenvalue weighted by Gasteiger charge is 2.40. The van der Waals surface area contributed by atoms with Crippen LogP contribution in [0.5, 0.6) is 18.0 Å². The van der Waals surface area contributed by atoms with Gasteiger partial charge in [-0.05, 0) is 157 Å². The molecule has 1 aliphatic carbocycles. The number of likely N-dealkylation sites (N-methyl/N-ethyl adjacent to an activating group) is 2. The molecule has 0 spiro atoms. The number of carbonyl (C=O) groups excluding carboxylic acids is 4. The van der Waals surface area contributed by atoms with Gasteiger partial charge in [0.15, 0.2) is 0 Å². The maximum atomic E-state index is 12.6. The largest absolute Gasteiger partial charge is 0.462 e. The average Bonchev–Trinajstić information content (AvgIpc) is 1.18. The van der Waals surface area contributed by atoms with Crippen molar-refractivity contribution in [3.63, 3.8) is 0 Å². The minimum absolute atomic E-state index is 0.0775. The molecule has 5 saturated heterocycles. The number of hydrogen-bond donors (Lipinski definition) is 0. The molecule has 4 amide bonds. The van der Waals surface area contributed by atoms with E-state index < -0.39 is 0 Å². The highest BCUT2D eigenvalue weighted by atomic mass is 16.5. The van der Waals surface area contributed by atoms with E-state index >= 15 is 0 Å². The van der Waals surface area contributed by atoms with Crippen molar-refractivity contribution < 1.29 is 33.4 Å². The number of ether oxygens (including phenoxy) is 3. The van der Waals surface area contributed by atoms with Crippen LogP contribution in [0.1, 0.15) is 112 Å². The molecule has 0 radical (unpaired) electrons. The lowest BCUT2D eigenvalue weighted by atomic mass is 10.0. The number of benzene rings is 6. The number of anilines is 6. The molecule has 1 saturated carbocycles. The molecule has 8 aliphatic heterocycles. The Bertz CT molecular complexity index is 5830. The first-order valence-corrected chi connectivity index (χ1v) is 47.0. The number of rotatable bonds is 27. The number of nitriles is 3. The van der Waals surface area contributed by atoms with Crippen LogP contribution < -0.4 is 43.6 Å². The summed E-state index contributed by atoms with van der Waals surface area (Å²) >= 11 is 0. The zero-order chi connectivity index (χ0) is 92.1. The third-order valence-corrected chi connectivity index (χ3v) is 28.0. The van der Waals surface area contributed by atoms with Crippen molar-refractivity contribution in [1.29, 1.82) is 15.8 Å². The van der Waals surface area contributed by atoms with Gasteiger partial charge in [0.1, 0.15) is 37.3 Å². The molecule has 18 rings (SSSR count). The van der Waals surface area contributed by atoms with Gasteiger partial charge in [0.2, 0.25) is 23.6 Å². The summed E-state index contributed by atoms with van der Waals surface area (Å²) in [4.78, 5) is 108. The third-order valence-electron chi connectivity index (χ3n) is 28.0. The molecule has 688 valence electrons. The standard InChI is InChI=1S/C35H42N8O3.C35H41N7O2.C33H41N7O2/c1-4-32(44)43-20-19-42(21-26(43)14-16-36)34-29-15-18-41(31-13-7-10-25-9-5-6-12-28(25)31)22-30(29)37-35(38-34)46-24-27-11-8-17-40(27)23-33(45)39(2)3;1-2-33(43)42-20-19-41(22-27(42)14-16-36)34-30-15-18-40(32-11-5-8-26-7-3-4-10-29(26)32)23-31(30)37-35(38-34)44-24-28-9-6-17-39(28)21-25-12-13-25;1-6-30(41)40-20-19-39(21-25(40)15-17-34)31-27-16-18-38(29-14-10-12-24-11-8-9-13-26(24)29)22-28(27)35-32(36-31)42-23-33(3,4)37(5)7-2/h4-7,9-10,12-13,26-27H,1,8,11,14-15,17-24H2,2-3H3;2-5,7-8,10-11,25,27-28H,1,6,9,12-15,17-24H2;6,8-14,25H,1,7,15-16,18-23H2,2-5H3/t26?,27-;27?,28-;/m00./s1. The van der Waals surface area contributed by atoms with Crippen molar-refractivity contribution in [1.82, 2.24) is 64.2 Å². The van der Waals surface area contributed by atoms with E-state index in [1.807, 2.05) is 0 Å². The molecular formula is C103H124N22O7. The summed E-state index contributed by atoms with van der Waals surface area (Å²) in [5.41, 5.74) is 9.59. The van der Waals surface area contributed by atoms with E-state index in [0.29, 0.717) is 129 Å². The van der Waals surface area contributed by atoms with Gasteiger partial charge in [-0.25, -0.2) is 0 Å². The quantitative estimate of drug-likeness (QED) is 0.0432. The molecule has 3 aromatic heterocycles. The number of amides is 4. The lowest BCUT2D eigenvalue weighted by molar-refractivity contribution is -0.130. The zero-order valence-corrected chi connectivity index (χ0v) is 77.4. The summed E-state index contributed by atoms with van der Waals surface area (Å²) in [7, 11) is 5.65. The van der Waals surface area contributed by atoms with E-state index in [4.69, 9.17) is 44.1 Å². The molecular weight excluding hydrogens is 1660 g/mol. The number of aromatic nitrogens is 6. The van der Waals surface area contributed by atoms with Crippen molar-refractivity contribution in [2.45, 2.75) is 153 Å². The Morgan fingerprint density at radius 2 is 0.795 bits per heavy atom. The van der Waals surface area contributed by atoms with Crippen LogP contribution in [0.3, 0.4) is 0 Å². The van der Waals surface area contributed by atoms with Crippen LogP contribution in [-0.2, 0) is 58.1 Å². The maximum Gasteiger partial charge on any atom is 0.318 e. The first-order chi connectivity index (χ1) is 64.2. The fourth-order valence-electron chi connectivity index (χ4n) is 20.1. The molecule has 11 heterocycles. The Kier molecular flexibility index (Phi) is 29.4. The summed E-state index contributed by atoms with van der Waals surface area (Å²) in [5.74, 6) is 3.06. The molecule has 5 atom stereocenters. The Morgan fingerprint density at radius 3 is 1.15 bits per heavy atom. The number of hydrogen-bond acceptors (Lipinski definition) is 25. The second-order valence-corrected chi connectivity index (χ2v) is 36.9. The molecule has 6 aromatic carbocycles. The number of likely N-dealkylation sites (tertiary alicyclic amines) is 2. The van der Waals surface area contributed by atoms with Crippen molar-refractivity contribution in [2.24, 2.45) is 5.92 Å². The van der Waals surface area contributed by atoms with Crippen molar-refractivity contribution in [2.75, 3.05) is 182 Å². The van der Waals surface area contributed by atoms with Gasteiger partial charge in [0.25, 0.3) is 0 Å². The predicted molar refractivity (Wildman–Crippen MR) is 516 cm³/mol. The number of fused-ring (bicyclic) bond motifs is 6. The molecule has 3 unspecified atom stereocenters. The van der Waals surface area contributed by atoms with Crippen LogP contribution in [0.2, 0.25) is 0 Å². The SMILES string of the molecule is C=CC(=O)N1CCN(c2nc(OCC(C)(C)N(C)CC)nc3c2CCN(c2cccc4ccccc24)C3)CC1CC#N.C=CC(=O)N1CCN(c2nc(OC[C@@H]3CCCN3CC(=O)N(C)C)nc3c2CCN(c2cccc4ccccc24)C3)CC1CC#N.C=CC(=O)N1CCN(c2nc(OC[C@@H]3CCCN3CC3CC3)nc3c2CCN(c2cccc4ccccc24)C3)CC1CC#N. The Labute approximate surface area is 775 Å². The number of piperazine rings is 3. The highest BCUT2D eigenvalue weighted by Crippen LogP contribution is 2.41. The molecule has 6 fully saturated rings. The van der Waals surface area contributed by atoms with Gasteiger partial charge in [-0.15, -0.1) is 0 Å². The van der Waals surface area contributed by atoms with Gasteiger partial charge >= 0.3 is 18.0 Å². The van der Waals surface area contributed by atoms with Crippen LogP contribution in [-0.4, -0.2) is 276 Å². The van der Waals surface area contributed by atoms with Gasteiger partial charge in [-0.1, -0.05) is 136 Å². The van der Waals surface area contributed by atoms with E-state index in [0.717, 1.165) is 135 Å². The maximum absolute atomic E-state index is 12.6. The first-order valence-electron chi connectivity index (χ1n) is 47.0. The van der Waals surface area contributed by atoms with E-state index in [2.05, 4.69) is 237 Å². The zero-order valence-electron chi connectivity index (χ0n) is 77.4. The minimum atomic E-state index is -0.267. The van der Waals surface area contributed by atoms with Gasteiger partial charge in [-0.2, -0.15) is 45.7 Å². The lowest BCUT2D eigenvalue weighted by Gasteiger charge is -2.42. The molecule has 29 heteroatoms. The molecule has 9 aromatic rings. The highest BCUT2D eigenvalue weighted by molar-refractivity contribution is 5.97. The predicted octanol–water partition coefficient (Wildman–Crippen LogP) is 12.2. The fourth-order valence-corrected chi connectivity index (χ4v) is 20.1. The average molecular weight is 1780 g/mol. The number of nitrogens with zero attached hydrogens (tertiary/aromatic N) is 22. The fraction of sp³-hybridized carbons (Fsp3) is 0.466. The van der Waals surface area contributed by atoms with Crippen molar-refractivity contribution in [3.8, 4) is 36.2 Å². The van der Waals surface area contributed by atoms with Crippen LogP contribution in [0.4, 0.5) is 34.5 Å². The van der Waals surface area contributed by atoms with Crippen LogP contribution in [0.25, 0.3) is 32.3 Å². The van der Waals surface area contributed by atoms with E-state index in [9.17, 15) is 35.0 Å². The summed E-state index contributed by atoms with van der Waals surface area (Å²) in [6.07, 6.45) is 14.1. The van der Waals surface area contributed by atoms with Crippen molar-refractivity contribution in [3.05, 3.63) is 199 Å². The first kappa shape index (κ1) is 92.3. The van der Waals surface area contributed by atoms with Gasteiger partial charge in [0, 0.05) is 167 Å². The van der Waals surface area contributed by atoms with E-state index in [-0.39, 0.29) is 72.6 Å². The Balaban J connectivity index is 0.000000145. The second kappa shape index (κ2) is 42.0. The van der Waals surface area contributed by atoms with Crippen LogP contribution >= 0.6 is 0 Å². The van der Waals surface area contributed by atoms with Crippen molar-refractivity contribution >= 4 is 90.5 Å². The normalized spacial score (nSPS) is 19.8. The van der Waals surface area contributed by atoms with Gasteiger partial charge in [-0.3, -0.25) is 33.9 Å². The van der Waals surface area contributed by atoms with Gasteiger partial charge in [0.05, 0.1) is 98.9 Å². The van der Waals surface area contributed by atoms with E-state index in [1.54, 1.807) is 33.7 Å². The van der Waals surface area contributed by atoms with Gasteiger partial charge < -0.3 is 63.2 Å². The Morgan fingerprint density at radius 1 is 0.439 bits per heavy atom. The Hall–Kier alpha value is -13.0. The number of carbonyl (C=O) groups is 4.